The maximum absolute atomic E-state index is 10.8. The van der Waals surface area contributed by atoms with Gasteiger partial charge in [-0.15, -0.1) is 0 Å². The van der Waals surface area contributed by atoms with E-state index in [-0.39, 0.29) is 0 Å². The fourth-order valence-electron chi connectivity index (χ4n) is 2.57. The molecule has 2 unspecified atom stereocenters. The van der Waals surface area contributed by atoms with Crippen molar-refractivity contribution in [3.8, 4) is 0 Å². The lowest BCUT2D eigenvalue weighted by Gasteiger charge is -2.38. The molecule has 0 bridgehead atoms. The minimum absolute atomic E-state index is 0.299. The van der Waals surface area contributed by atoms with Crippen LogP contribution in [0, 0.1) is 0 Å². The smallest absolute Gasteiger partial charge is 0.101 e. The Morgan fingerprint density at radius 3 is 2.65 bits per heavy atom. The molecular formula is C15H22OS. The molecule has 1 aromatic rings. The molecule has 1 aliphatic rings. The topological polar surface area (TPSA) is 20.2 Å². The fourth-order valence-corrected chi connectivity index (χ4v) is 3.76. The molecule has 1 aliphatic heterocycles. The SMILES string of the molecule is CCCc1ccc(C2(O)CCCSC2C)cc1. The van der Waals surface area contributed by atoms with Gasteiger partial charge in [0.15, 0.2) is 0 Å². The Bertz CT molecular complexity index is 360. The van der Waals surface area contributed by atoms with Gasteiger partial charge in [0, 0.05) is 5.25 Å². The fraction of sp³-hybridized carbons (Fsp3) is 0.600. The van der Waals surface area contributed by atoms with Crippen molar-refractivity contribution in [3.05, 3.63) is 35.4 Å². The average Bonchev–Trinajstić information content (AvgIpc) is 2.34. The van der Waals surface area contributed by atoms with E-state index in [1.807, 2.05) is 11.8 Å². The van der Waals surface area contributed by atoms with Crippen LogP contribution in [0.4, 0.5) is 0 Å². The van der Waals surface area contributed by atoms with E-state index in [9.17, 15) is 5.11 Å². The minimum Gasteiger partial charge on any atom is -0.384 e. The second-order valence-corrected chi connectivity index (χ2v) is 6.44. The number of thioether (sulfide) groups is 1. The zero-order valence-electron chi connectivity index (χ0n) is 10.8. The third-order valence-electron chi connectivity index (χ3n) is 3.74. The zero-order chi connectivity index (χ0) is 12.3. The molecule has 2 atom stereocenters. The highest BCUT2D eigenvalue weighted by molar-refractivity contribution is 8.00. The molecule has 0 aliphatic carbocycles. The van der Waals surface area contributed by atoms with Crippen molar-refractivity contribution in [1.29, 1.82) is 0 Å². The van der Waals surface area contributed by atoms with Gasteiger partial charge in [-0.05, 0) is 36.1 Å². The summed E-state index contributed by atoms with van der Waals surface area (Å²) in [5.41, 5.74) is 1.85. The Kier molecular flexibility index (Phi) is 4.16. The summed E-state index contributed by atoms with van der Waals surface area (Å²) >= 11 is 1.88. The third-order valence-corrected chi connectivity index (χ3v) is 5.15. The van der Waals surface area contributed by atoms with Gasteiger partial charge in [-0.25, -0.2) is 0 Å². The first-order valence-corrected chi connectivity index (χ1v) is 7.65. The molecular weight excluding hydrogens is 228 g/mol. The van der Waals surface area contributed by atoms with E-state index < -0.39 is 5.60 Å². The van der Waals surface area contributed by atoms with Gasteiger partial charge in [0.1, 0.15) is 5.60 Å². The maximum atomic E-state index is 10.8. The van der Waals surface area contributed by atoms with Crippen LogP contribution >= 0.6 is 11.8 Å². The first-order valence-electron chi connectivity index (χ1n) is 6.60. The van der Waals surface area contributed by atoms with E-state index in [0.717, 1.165) is 24.8 Å². The van der Waals surface area contributed by atoms with Crippen molar-refractivity contribution >= 4 is 11.8 Å². The van der Waals surface area contributed by atoms with Crippen molar-refractivity contribution in [3.63, 3.8) is 0 Å². The van der Waals surface area contributed by atoms with Crippen molar-refractivity contribution < 1.29 is 5.11 Å². The normalized spacial score (nSPS) is 29.2. The molecule has 1 N–H and O–H groups in total. The van der Waals surface area contributed by atoms with Crippen LogP contribution in [0.3, 0.4) is 0 Å². The molecule has 0 spiro atoms. The molecule has 1 heterocycles. The molecule has 1 fully saturated rings. The number of benzene rings is 1. The van der Waals surface area contributed by atoms with Gasteiger partial charge in [0.2, 0.25) is 0 Å². The van der Waals surface area contributed by atoms with Gasteiger partial charge in [0.05, 0.1) is 0 Å². The van der Waals surface area contributed by atoms with Gasteiger partial charge in [0.25, 0.3) is 0 Å². The van der Waals surface area contributed by atoms with Crippen molar-refractivity contribution in [1.82, 2.24) is 0 Å². The van der Waals surface area contributed by atoms with Gasteiger partial charge in [-0.2, -0.15) is 11.8 Å². The highest BCUT2D eigenvalue weighted by atomic mass is 32.2. The molecule has 0 saturated carbocycles. The van der Waals surface area contributed by atoms with E-state index in [0.29, 0.717) is 5.25 Å². The largest absolute Gasteiger partial charge is 0.384 e. The lowest BCUT2D eigenvalue weighted by atomic mass is 9.85. The van der Waals surface area contributed by atoms with Crippen molar-refractivity contribution in [2.45, 2.75) is 50.4 Å². The monoisotopic (exact) mass is 250 g/mol. The van der Waals surface area contributed by atoms with E-state index >= 15 is 0 Å². The summed E-state index contributed by atoms with van der Waals surface area (Å²) in [6.45, 7) is 4.34. The average molecular weight is 250 g/mol. The van der Waals surface area contributed by atoms with Gasteiger partial charge < -0.3 is 5.11 Å². The highest BCUT2D eigenvalue weighted by Crippen LogP contribution is 2.41. The first-order chi connectivity index (χ1) is 8.16. The van der Waals surface area contributed by atoms with Crippen LogP contribution in [0.15, 0.2) is 24.3 Å². The zero-order valence-corrected chi connectivity index (χ0v) is 11.6. The summed E-state index contributed by atoms with van der Waals surface area (Å²) in [5.74, 6) is 1.18. The lowest BCUT2D eigenvalue weighted by molar-refractivity contribution is 0.0254. The van der Waals surface area contributed by atoms with Gasteiger partial charge in [-0.1, -0.05) is 44.5 Å². The summed E-state index contributed by atoms with van der Waals surface area (Å²) in [6.07, 6.45) is 4.31. The molecule has 1 nitrogen and oxygen atoms in total. The summed E-state index contributed by atoms with van der Waals surface area (Å²) in [6, 6.07) is 8.58. The van der Waals surface area contributed by atoms with Crippen molar-refractivity contribution in [2.75, 3.05) is 5.75 Å². The van der Waals surface area contributed by atoms with Crippen LogP contribution < -0.4 is 0 Å². The molecule has 0 aromatic heterocycles. The summed E-state index contributed by atoms with van der Waals surface area (Å²) in [5, 5.41) is 11.1. The predicted octanol–water partition coefficient (Wildman–Crippen LogP) is 3.74. The molecule has 0 radical (unpaired) electrons. The highest BCUT2D eigenvalue weighted by Gasteiger charge is 2.38. The van der Waals surface area contributed by atoms with Crippen molar-refractivity contribution in [2.24, 2.45) is 0 Å². The van der Waals surface area contributed by atoms with Crippen LogP contribution in [0.5, 0.6) is 0 Å². The van der Waals surface area contributed by atoms with Crippen LogP contribution in [0.25, 0.3) is 0 Å². The molecule has 2 heteroatoms. The molecule has 0 amide bonds. The number of aliphatic hydroxyl groups is 1. The Hall–Kier alpha value is -0.470. The van der Waals surface area contributed by atoms with Gasteiger partial charge in [-0.3, -0.25) is 0 Å². The minimum atomic E-state index is -0.617. The van der Waals surface area contributed by atoms with E-state index in [1.54, 1.807) is 0 Å². The van der Waals surface area contributed by atoms with Crippen LogP contribution in [-0.4, -0.2) is 16.1 Å². The second kappa shape index (κ2) is 5.45. The maximum Gasteiger partial charge on any atom is 0.101 e. The van der Waals surface area contributed by atoms with E-state index in [2.05, 4.69) is 38.1 Å². The third kappa shape index (κ3) is 2.69. The molecule has 2 rings (SSSR count). The Balaban J connectivity index is 2.20. The van der Waals surface area contributed by atoms with E-state index in [1.165, 1.54) is 17.7 Å². The number of aryl methyl sites for hydroxylation is 1. The van der Waals surface area contributed by atoms with E-state index in [4.69, 9.17) is 0 Å². The van der Waals surface area contributed by atoms with Crippen LogP contribution in [0.1, 0.15) is 44.2 Å². The Morgan fingerprint density at radius 1 is 1.35 bits per heavy atom. The number of rotatable bonds is 3. The Morgan fingerprint density at radius 2 is 2.06 bits per heavy atom. The lowest BCUT2D eigenvalue weighted by Crippen LogP contribution is -2.38. The first kappa shape index (κ1) is 13.0. The molecule has 17 heavy (non-hydrogen) atoms. The summed E-state index contributed by atoms with van der Waals surface area (Å²) in [4.78, 5) is 0. The second-order valence-electron chi connectivity index (χ2n) is 4.99. The van der Waals surface area contributed by atoms with Gasteiger partial charge >= 0.3 is 0 Å². The Labute approximate surface area is 109 Å². The van der Waals surface area contributed by atoms with Crippen LogP contribution in [0.2, 0.25) is 0 Å². The molecule has 1 aromatic carbocycles. The standard InChI is InChI=1S/C15H22OS/c1-3-5-13-6-8-14(9-7-13)15(16)10-4-11-17-12(15)2/h6-9,12,16H,3-5,10-11H2,1-2H3. The summed E-state index contributed by atoms with van der Waals surface area (Å²) in [7, 11) is 0. The molecule has 94 valence electrons. The number of hydrogen-bond acceptors (Lipinski definition) is 2. The van der Waals surface area contributed by atoms with Crippen LogP contribution in [-0.2, 0) is 12.0 Å². The number of hydrogen-bond donors (Lipinski definition) is 1. The quantitative estimate of drug-likeness (QED) is 0.882. The summed E-state index contributed by atoms with van der Waals surface area (Å²) < 4.78 is 0. The molecule has 1 saturated heterocycles. The predicted molar refractivity (Wildman–Crippen MR) is 75.5 cm³/mol.